The summed E-state index contributed by atoms with van der Waals surface area (Å²) in [6, 6.07) is 12.1. The number of hydrogen-bond acceptors (Lipinski definition) is 5. The van der Waals surface area contributed by atoms with Crippen molar-refractivity contribution in [1.29, 1.82) is 0 Å². The van der Waals surface area contributed by atoms with Crippen LogP contribution in [0.1, 0.15) is 43.6 Å². The Hall–Kier alpha value is -3.35. The minimum absolute atomic E-state index is 0.0336. The van der Waals surface area contributed by atoms with Gasteiger partial charge in [0.05, 0.1) is 18.9 Å². The van der Waals surface area contributed by atoms with Crippen molar-refractivity contribution in [2.24, 2.45) is 5.10 Å². The van der Waals surface area contributed by atoms with Gasteiger partial charge in [-0.1, -0.05) is 6.07 Å². The van der Waals surface area contributed by atoms with Gasteiger partial charge < -0.3 is 14.8 Å². The van der Waals surface area contributed by atoms with E-state index in [1.807, 2.05) is 32.9 Å². The molecule has 0 aliphatic heterocycles. The van der Waals surface area contributed by atoms with Gasteiger partial charge >= 0.3 is 0 Å². The number of carbonyl (C=O) groups excluding carboxylic acids is 2. The van der Waals surface area contributed by atoms with Crippen molar-refractivity contribution in [3.05, 3.63) is 53.6 Å². The molecule has 2 aromatic rings. The number of nitrogens with zero attached hydrogens (tertiary/aromatic N) is 1. The maximum atomic E-state index is 12.2. The fraction of sp³-hybridized carbons (Fsp3) is 0.286. The normalized spacial score (nSPS) is 10.8. The number of hydrazone groups is 1. The molecule has 0 fully saturated rings. The Kier molecular flexibility index (Phi) is 7.56. The molecule has 0 saturated heterocycles. The lowest BCUT2D eigenvalue weighted by atomic mass is 10.2. The highest BCUT2D eigenvalue weighted by Crippen LogP contribution is 2.28. The van der Waals surface area contributed by atoms with Gasteiger partial charge in [-0.25, -0.2) is 5.43 Å². The summed E-state index contributed by atoms with van der Waals surface area (Å²) < 4.78 is 11.3. The third-order valence-corrected chi connectivity index (χ3v) is 3.46. The van der Waals surface area contributed by atoms with E-state index in [0.29, 0.717) is 29.4 Å². The standard InChI is InChI=1S/C21H25N3O4/c1-5-27-20-11-16(9-10-19(20)28-14(2)3)13-22-24-21(26)17-7-6-8-18(12-17)23-15(4)25/h6-14H,5H2,1-4H3,(H,23,25)(H,24,26)/b22-13-. The Balaban J connectivity index is 2.06. The topological polar surface area (TPSA) is 89.0 Å². The summed E-state index contributed by atoms with van der Waals surface area (Å²) in [6.45, 7) is 7.71. The second-order valence-corrected chi connectivity index (χ2v) is 6.27. The van der Waals surface area contributed by atoms with E-state index in [2.05, 4.69) is 15.8 Å². The monoisotopic (exact) mass is 383 g/mol. The van der Waals surface area contributed by atoms with E-state index in [9.17, 15) is 9.59 Å². The maximum absolute atomic E-state index is 12.2. The van der Waals surface area contributed by atoms with Crippen LogP contribution in [-0.4, -0.2) is 30.7 Å². The van der Waals surface area contributed by atoms with Crippen LogP contribution < -0.4 is 20.2 Å². The van der Waals surface area contributed by atoms with Crippen LogP contribution in [0, 0.1) is 0 Å². The fourth-order valence-corrected chi connectivity index (χ4v) is 2.40. The molecule has 2 rings (SSSR count). The zero-order valence-corrected chi connectivity index (χ0v) is 16.5. The molecule has 7 nitrogen and oxygen atoms in total. The number of amides is 2. The second-order valence-electron chi connectivity index (χ2n) is 6.27. The highest BCUT2D eigenvalue weighted by molar-refractivity contribution is 5.97. The fourth-order valence-electron chi connectivity index (χ4n) is 2.40. The number of rotatable bonds is 8. The number of carbonyl (C=O) groups is 2. The van der Waals surface area contributed by atoms with Crippen molar-refractivity contribution in [3.63, 3.8) is 0 Å². The van der Waals surface area contributed by atoms with E-state index in [1.54, 1.807) is 30.3 Å². The van der Waals surface area contributed by atoms with Crippen molar-refractivity contribution in [1.82, 2.24) is 5.43 Å². The van der Waals surface area contributed by atoms with E-state index in [4.69, 9.17) is 9.47 Å². The summed E-state index contributed by atoms with van der Waals surface area (Å²) in [7, 11) is 0. The van der Waals surface area contributed by atoms with Gasteiger partial charge in [-0.3, -0.25) is 9.59 Å². The van der Waals surface area contributed by atoms with Crippen LogP contribution in [0.15, 0.2) is 47.6 Å². The Morgan fingerprint density at radius 3 is 2.61 bits per heavy atom. The van der Waals surface area contributed by atoms with Crippen LogP contribution in [0.3, 0.4) is 0 Å². The Labute approximate surface area is 164 Å². The Morgan fingerprint density at radius 1 is 1.14 bits per heavy atom. The van der Waals surface area contributed by atoms with Gasteiger partial charge in [0.15, 0.2) is 11.5 Å². The lowest BCUT2D eigenvalue weighted by Crippen LogP contribution is -2.18. The van der Waals surface area contributed by atoms with Crippen molar-refractivity contribution < 1.29 is 19.1 Å². The van der Waals surface area contributed by atoms with Crippen LogP contribution in [0.25, 0.3) is 0 Å². The van der Waals surface area contributed by atoms with Crippen molar-refractivity contribution in [3.8, 4) is 11.5 Å². The molecular weight excluding hydrogens is 358 g/mol. The van der Waals surface area contributed by atoms with Crippen molar-refractivity contribution >= 4 is 23.7 Å². The number of nitrogens with one attached hydrogen (secondary N) is 2. The highest BCUT2D eigenvalue weighted by Gasteiger charge is 2.08. The molecule has 0 heterocycles. The molecule has 148 valence electrons. The van der Waals surface area contributed by atoms with E-state index in [0.717, 1.165) is 5.56 Å². The van der Waals surface area contributed by atoms with Gasteiger partial charge in [0.2, 0.25) is 5.91 Å². The molecule has 28 heavy (non-hydrogen) atoms. The third-order valence-electron chi connectivity index (χ3n) is 3.46. The quantitative estimate of drug-likeness (QED) is 0.538. The predicted molar refractivity (Wildman–Crippen MR) is 109 cm³/mol. The van der Waals surface area contributed by atoms with E-state index >= 15 is 0 Å². The molecule has 0 spiro atoms. The molecule has 0 bridgehead atoms. The molecule has 0 aliphatic rings. The Morgan fingerprint density at radius 2 is 1.93 bits per heavy atom. The molecule has 2 N–H and O–H groups in total. The summed E-state index contributed by atoms with van der Waals surface area (Å²) in [5, 5.41) is 6.63. The number of anilines is 1. The second kappa shape index (κ2) is 10.1. The summed E-state index contributed by atoms with van der Waals surface area (Å²) in [5.74, 6) is 0.695. The molecule has 0 aromatic heterocycles. The van der Waals surface area contributed by atoms with Crippen LogP contribution in [0.2, 0.25) is 0 Å². The molecular formula is C21H25N3O4. The number of hydrogen-bond donors (Lipinski definition) is 2. The van der Waals surface area contributed by atoms with Gasteiger partial charge in [-0.2, -0.15) is 5.10 Å². The molecule has 0 saturated carbocycles. The smallest absolute Gasteiger partial charge is 0.271 e. The van der Waals surface area contributed by atoms with Gasteiger partial charge in [-0.15, -0.1) is 0 Å². The first-order chi connectivity index (χ1) is 13.4. The van der Waals surface area contributed by atoms with Gasteiger partial charge in [0.1, 0.15) is 0 Å². The Bertz CT molecular complexity index is 862. The molecule has 2 amide bonds. The lowest BCUT2D eigenvalue weighted by Gasteiger charge is -2.14. The molecule has 7 heteroatoms. The molecule has 0 radical (unpaired) electrons. The van der Waals surface area contributed by atoms with E-state index < -0.39 is 0 Å². The summed E-state index contributed by atoms with van der Waals surface area (Å²) in [6.07, 6.45) is 1.56. The van der Waals surface area contributed by atoms with Crippen LogP contribution >= 0.6 is 0 Å². The first kappa shape index (κ1) is 21.0. The lowest BCUT2D eigenvalue weighted by molar-refractivity contribution is -0.114. The number of benzene rings is 2. The van der Waals surface area contributed by atoms with Gasteiger partial charge in [0, 0.05) is 18.2 Å². The molecule has 0 aliphatic carbocycles. The summed E-state index contributed by atoms with van der Waals surface area (Å²) in [5.41, 5.74) is 4.16. The van der Waals surface area contributed by atoms with Crippen LogP contribution in [0.4, 0.5) is 5.69 Å². The zero-order chi connectivity index (χ0) is 20.5. The zero-order valence-electron chi connectivity index (χ0n) is 16.5. The van der Waals surface area contributed by atoms with Crippen LogP contribution in [-0.2, 0) is 4.79 Å². The van der Waals surface area contributed by atoms with E-state index in [1.165, 1.54) is 13.1 Å². The van der Waals surface area contributed by atoms with Crippen molar-refractivity contribution in [2.75, 3.05) is 11.9 Å². The first-order valence-corrected chi connectivity index (χ1v) is 9.03. The van der Waals surface area contributed by atoms with Gasteiger partial charge in [-0.05, 0) is 62.7 Å². The summed E-state index contributed by atoms with van der Waals surface area (Å²) in [4.78, 5) is 23.4. The average molecular weight is 383 g/mol. The number of ether oxygens (including phenoxy) is 2. The highest BCUT2D eigenvalue weighted by atomic mass is 16.5. The minimum atomic E-state index is -0.381. The first-order valence-electron chi connectivity index (χ1n) is 9.03. The minimum Gasteiger partial charge on any atom is -0.490 e. The van der Waals surface area contributed by atoms with Gasteiger partial charge in [0.25, 0.3) is 5.91 Å². The molecule has 2 aromatic carbocycles. The molecule has 0 unspecified atom stereocenters. The average Bonchev–Trinajstić information content (AvgIpc) is 2.63. The predicted octanol–water partition coefficient (Wildman–Crippen LogP) is 3.59. The third kappa shape index (κ3) is 6.42. The summed E-state index contributed by atoms with van der Waals surface area (Å²) >= 11 is 0. The largest absolute Gasteiger partial charge is 0.490 e. The van der Waals surface area contributed by atoms with Crippen LogP contribution in [0.5, 0.6) is 11.5 Å². The SMILES string of the molecule is CCOc1cc(/C=N\NC(=O)c2cccc(NC(C)=O)c2)ccc1OC(C)C. The molecule has 0 atom stereocenters. The maximum Gasteiger partial charge on any atom is 0.271 e. The van der Waals surface area contributed by atoms with Crippen molar-refractivity contribution in [2.45, 2.75) is 33.8 Å². The van der Waals surface area contributed by atoms with E-state index in [-0.39, 0.29) is 17.9 Å².